The third-order valence-electron chi connectivity index (χ3n) is 4.45. The quantitative estimate of drug-likeness (QED) is 0.684. The molecule has 0 unspecified atom stereocenters. The minimum Gasteiger partial charge on any atom is -0.382 e. The Bertz CT molecular complexity index is 917. The van der Waals surface area contributed by atoms with Crippen LogP contribution in [0.2, 0.25) is 0 Å². The molecule has 7 nitrogen and oxygen atoms in total. The predicted octanol–water partition coefficient (Wildman–Crippen LogP) is 2.37. The minimum atomic E-state index is -0.252. The molecule has 25 heavy (non-hydrogen) atoms. The lowest BCUT2D eigenvalue weighted by atomic mass is 9.97. The number of carbonyl (C=O) groups excluding carboxylic acids is 1. The van der Waals surface area contributed by atoms with Crippen molar-refractivity contribution in [3.05, 3.63) is 22.6 Å². The van der Waals surface area contributed by atoms with Gasteiger partial charge in [0.1, 0.15) is 11.2 Å². The second-order valence-corrected chi connectivity index (χ2v) is 7.23. The van der Waals surface area contributed by atoms with Gasteiger partial charge in [0, 0.05) is 24.6 Å². The maximum atomic E-state index is 12.3. The summed E-state index contributed by atoms with van der Waals surface area (Å²) in [5.74, 6) is -0.0566. The molecule has 0 bridgehead atoms. The Kier molecular flexibility index (Phi) is 4.63. The molecule has 0 atom stereocenters. The molecule has 0 aromatic carbocycles. The van der Waals surface area contributed by atoms with Gasteiger partial charge >= 0.3 is 0 Å². The molecule has 0 saturated carbocycles. The summed E-state index contributed by atoms with van der Waals surface area (Å²) >= 11 is 1.75. The second kappa shape index (κ2) is 7.05. The van der Waals surface area contributed by atoms with Crippen LogP contribution < -0.4 is 5.32 Å². The summed E-state index contributed by atoms with van der Waals surface area (Å²) in [6.07, 6.45) is 7.03. The van der Waals surface area contributed by atoms with Gasteiger partial charge in [0.05, 0.1) is 5.39 Å². The van der Waals surface area contributed by atoms with Crippen molar-refractivity contribution < 1.29 is 9.53 Å². The van der Waals surface area contributed by atoms with Gasteiger partial charge in [0.25, 0.3) is 5.91 Å². The van der Waals surface area contributed by atoms with Crippen LogP contribution in [0.1, 0.15) is 47.2 Å². The molecule has 0 radical (unpaired) electrons. The fourth-order valence-corrected chi connectivity index (χ4v) is 4.47. The monoisotopic (exact) mass is 359 g/mol. The molecule has 0 fully saturated rings. The highest BCUT2D eigenvalue weighted by molar-refractivity contribution is 7.19. The third kappa shape index (κ3) is 3.11. The van der Waals surface area contributed by atoms with Crippen LogP contribution >= 0.6 is 11.3 Å². The first-order valence-corrected chi connectivity index (χ1v) is 9.61. The van der Waals surface area contributed by atoms with Crippen LogP contribution in [0.3, 0.4) is 0 Å². The smallest absolute Gasteiger partial charge is 0.290 e. The van der Waals surface area contributed by atoms with Gasteiger partial charge in [-0.2, -0.15) is 0 Å². The number of hydrogen-bond acceptors (Lipinski definition) is 6. The molecule has 3 aromatic rings. The predicted molar refractivity (Wildman–Crippen MR) is 96.3 cm³/mol. The van der Waals surface area contributed by atoms with Crippen molar-refractivity contribution in [2.24, 2.45) is 0 Å². The van der Waals surface area contributed by atoms with E-state index in [2.05, 4.69) is 20.4 Å². The first-order chi connectivity index (χ1) is 12.3. The summed E-state index contributed by atoms with van der Waals surface area (Å²) in [6.45, 7) is 3.84. The Morgan fingerprint density at radius 3 is 3.16 bits per heavy atom. The average Bonchev–Trinajstić information content (AvgIpc) is 3.22. The molecule has 1 aliphatic rings. The number of nitrogens with zero attached hydrogens (tertiary/aromatic N) is 4. The molecule has 3 aromatic heterocycles. The van der Waals surface area contributed by atoms with Gasteiger partial charge in [-0.1, -0.05) is 0 Å². The average molecular weight is 359 g/mol. The highest BCUT2D eigenvalue weighted by Crippen LogP contribution is 2.36. The van der Waals surface area contributed by atoms with Gasteiger partial charge in [-0.25, -0.2) is 14.5 Å². The number of thiophene rings is 1. The van der Waals surface area contributed by atoms with Gasteiger partial charge < -0.3 is 10.1 Å². The first-order valence-electron chi connectivity index (χ1n) is 8.79. The Morgan fingerprint density at radius 2 is 2.28 bits per heavy atom. The maximum absolute atomic E-state index is 12.3. The summed E-state index contributed by atoms with van der Waals surface area (Å²) in [7, 11) is 0. The summed E-state index contributed by atoms with van der Waals surface area (Å²) in [4.78, 5) is 23.7. The normalized spacial score (nSPS) is 14.1. The van der Waals surface area contributed by atoms with E-state index in [-0.39, 0.29) is 11.7 Å². The van der Waals surface area contributed by atoms with E-state index in [0.29, 0.717) is 19.8 Å². The molecule has 132 valence electrons. The summed E-state index contributed by atoms with van der Waals surface area (Å²) in [5, 5.41) is 8.23. The molecule has 4 rings (SSSR count). The number of hydrogen-bond donors (Lipinski definition) is 1. The van der Waals surface area contributed by atoms with E-state index in [1.807, 2.05) is 6.92 Å². The van der Waals surface area contributed by atoms with E-state index in [1.165, 1.54) is 23.3 Å². The molecular formula is C17H21N5O2S. The topological polar surface area (TPSA) is 81.4 Å². The summed E-state index contributed by atoms with van der Waals surface area (Å²) in [5.41, 5.74) is 2.09. The second-order valence-electron chi connectivity index (χ2n) is 6.15. The van der Waals surface area contributed by atoms with Crippen molar-refractivity contribution >= 4 is 33.1 Å². The van der Waals surface area contributed by atoms with E-state index in [1.54, 1.807) is 22.2 Å². The minimum absolute atomic E-state index is 0.196. The zero-order valence-electron chi connectivity index (χ0n) is 14.2. The van der Waals surface area contributed by atoms with Crippen molar-refractivity contribution in [1.82, 2.24) is 24.9 Å². The van der Waals surface area contributed by atoms with Crippen molar-refractivity contribution in [1.29, 1.82) is 0 Å². The largest absolute Gasteiger partial charge is 0.382 e. The Morgan fingerprint density at radius 1 is 1.40 bits per heavy atom. The van der Waals surface area contributed by atoms with Crippen LogP contribution in [-0.4, -0.2) is 45.2 Å². The number of carbonyl (C=O) groups is 1. The van der Waals surface area contributed by atoms with Gasteiger partial charge in [0.2, 0.25) is 5.82 Å². The van der Waals surface area contributed by atoms with Crippen LogP contribution in [-0.2, 0) is 17.6 Å². The van der Waals surface area contributed by atoms with E-state index < -0.39 is 0 Å². The molecule has 0 saturated heterocycles. The number of fused-ring (bicyclic) bond motifs is 5. The van der Waals surface area contributed by atoms with Gasteiger partial charge in [0.15, 0.2) is 5.65 Å². The Balaban J connectivity index is 1.60. The molecule has 1 N–H and O–H groups in total. The van der Waals surface area contributed by atoms with Crippen molar-refractivity contribution in [2.45, 2.75) is 39.0 Å². The lowest BCUT2D eigenvalue weighted by molar-refractivity contribution is 0.0934. The van der Waals surface area contributed by atoms with Gasteiger partial charge in [-0.05, 0) is 44.6 Å². The molecule has 0 spiro atoms. The maximum Gasteiger partial charge on any atom is 0.290 e. The van der Waals surface area contributed by atoms with Crippen molar-refractivity contribution in [3.8, 4) is 0 Å². The SMILES string of the molecule is CCOCCCNC(=O)c1nc2c3c4c(sc3ncn2n1)CCCC4. The van der Waals surface area contributed by atoms with Crippen LogP contribution in [0.15, 0.2) is 6.33 Å². The lowest BCUT2D eigenvalue weighted by Gasteiger charge is -2.09. The number of ether oxygens (including phenoxy) is 1. The number of nitrogens with one attached hydrogen (secondary N) is 1. The van der Waals surface area contributed by atoms with E-state index in [4.69, 9.17) is 4.74 Å². The Hall–Kier alpha value is -2.06. The zero-order valence-corrected chi connectivity index (χ0v) is 15.1. The first kappa shape index (κ1) is 16.4. The molecule has 1 amide bonds. The fraction of sp³-hybridized carbons (Fsp3) is 0.529. The van der Waals surface area contributed by atoms with Crippen molar-refractivity contribution in [2.75, 3.05) is 19.8 Å². The Labute approximate surface area is 149 Å². The van der Waals surface area contributed by atoms with E-state index in [0.717, 1.165) is 35.1 Å². The van der Waals surface area contributed by atoms with Crippen LogP contribution in [0, 0.1) is 0 Å². The molecule has 3 heterocycles. The molecule has 0 aliphatic heterocycles. The van der Waals surface area contributed by atoms with Crippen LogP contribution in [0.5, 0.6) is 0 Å². The van der Waals surface area contributed by atoms with Crippen LogP contribution in [0.4, 0.5) is 0 Å². The third-order valence-corrected chi connectivity index (χ3v) is 5.65. The number of rotatable bonds is 6. The lowest BCUT2D eigenvalue weighted by Crippen LogP contribution is -2.26. The van der Waals surface area contributed by atoms with E-state index >= 15 is 0 Å². The molecule has 8 heteroatoms. The molecule has 1 aliphatic carbocycles. The number of aryl methyl sites for hydroxylation is 2. The number of aromatic nitrogens is 4. The summed E-state index contributed by atoms with van der Waals surface area (Å²) < 4.78 is 6.89. The summed E-state index contributed by atoms with van der Waals surface area (Å²) in [6, 6.07) is 0. The van der Waals surface area contributed by atoms with Gasteiger partial charge in [-0.3, -0.25) is 4.79 Å². The van der Waals surface area contributed by atoms with E-state index in [9.17, 15) is 4.79 Å². The van der Waals surface area contributed by atoms with Crippen molar-refractivity contribution in [3.63, 3.8) is 0 Å². The fourth-order valence-electron chi connectivity index (χ4n) is 3.25. The van der Waals surface area contributed by atoms with Gasteiger partial charge in [-0.15, -0.1) is 16.4 Å². The standard InChI is InChI=1S/C17H21N5O2S/c1-2-24-9-5-8-18-16(23)14-20-15-13-11-6-3-4-7-12(11)25-17(13)19-10-22(15)21-14/h10H,2-9H2,1H3,(H,18,23). The van der Waals surface area contributed by atoms with Crippen LogP contribution in [0.25, 0.3) is 15.9 Å². The highest BCUT2D eigenvalue weighted by atomic mass is 32.1. The molecular weight excluding hydrogens is 338 g/mol. The number of amides is 1. The highest BCUT2D eigenvalue weighted by Gasteiger charge is 2.22. The zero-order chi connectivity index (χ0) is 17.2.